The summed E-state index contributed by atoms with van der Waals surface area (Å²) in [4.78, 5) is 36.2. The fourth-order valence-corrected chi connectivity index (χ4v) is 2.90. The van der Waals surface area contributed by atoms with Crippen LogP contribution in [0.1, 0.15) is 22.9 Å². The van der Waals surface area contributed by atoms with Gasteiger partial charge in [-0.15, -0.1) is 11.3 Å². The van der Waals surface area contributed by atoms with Crippen LogP contribution in [-0.2, 0) is 14.3 Å². The molecular formula is C19H20N2O4S. The minimum atomic E-state index is -0.689. The van der Waals surface area contributed by atoms with Gasteiger partial charge in [0.05, 0.1) is 5.57 Å². The Bertz CT molecular complexity index is 813. The monoisotopic (exact) mass is 372 g/mol. The molecule has 0 saturated heterocycles. The van der Waals surface area contributed by atoms with E-state index < -0.39 is 24.5 Å². The molecule has 0 radical (unpaired) electrons. The van der Waals surface area contributed by atoms with Gasteiger partial charge in [-0.05, 0) is 36.9 Å². The van der Waals surface area contributed by atoms with E-state index in [4.69, 9.17) is 4.74 Å². The minimum absolute atomic E-state index is 0.358. The summed E-state index contributed by atoms with van der Waals surface area (Å²) < 4.78 is 5.08. The molecule has 0 unspecified atom stereocenters. The van der Waals surface area contributed by atoms with Gasteiger partial charge in [0.25, 0.3) is 5.91 Å². The number of urea groups is 1. The Kier molecular flexibility index (Phi) is 7.11. The van der Waals surface area contributed by atoms with Crippen molar-refractivity contribution >= 4 is 40.9 Å². The third kappa shape index (κ3) is 5.86. The van der Waals surface area contributed by atoms with Crippen LogP contribution in [0.2, 0.25) is 0 Å². The molecule has 0 aliphatic carbocycles. The number of carbonyl (C=O) groups excluding carboxylic acids is 3. The lowest BCUT2D eigenvalue weighted by molar-refractivity contribution is -0.142. The van der Waals surface area contributed by atoms with E-state index in [0.717, 1.165) is 16.0 Å². The van der Waals surface area contributed by atoms with Gasteiger partial charge in [-0.1, -0.05) is 35.9 Å². The van der Waals surface area contributed by atoms with Gasteiger partial charge in [0.2, 0.25) is 0 Å². The average molecular weight is 372 g/mol. The smallest absolute Gasteiger partial charge is 0.340 e. The van der Waals surface area contributed by atoms with Crippen LogP contribution in [0.15, 0.2) is 41.8 Å². The van der Waals surface area contributed by atoms with E-state index in [1.54, 1.807) is 13.0 Å². The van der Waals surface area contributed by atoms with Crippen LogP contribution < -0.4 is 10.6 Å². The van der Waals surface area contributed by atoms with Gasteiger partial charge in [-0.2, -0.15) is 0 Å². The van der Waals surface area contributed by atoms with Gasteiger partial charge in [-0.25, -0.2) is 9.59 Å². The Morgan fingerprint density at radius 1 is 1.19 bits per heavy atom. The Hall–Kier alpha value is -2.93. The number of thiophene rings is 1. The lowest BCUT2D eigenvalue weighted by Gasteiger charge is -2.08. The van der Waals surface area contributed by atoms with Crippen LogP contribution in [0.5, 0.6) is 0 Å². The highest BCUT2D eigenvalue weighted by atomic mass is 32.1. The standard InChI is InChI=1S/C19H20N2O4S/c1-3-20-19(24)21-17(22)12-25-18(23)15(16-8-5-9-26-16)11-14-7-4-6-13(2)10-14/h4-11H,3,12H2,1-2H3,(H2,20,21,22,24)/b15-11+. The van der Waals surface area contributed by atoms with Crippen LogP contribution >= 0.6 is 11.3 Å². The predicted molar refractivity (Wildman–Crippen MR) is 102 cm³/mol. The van der Waals surface area contributed by atoms with E-state index in [1.165, 1.54) is 11.3 Å². The van der Waals surface area contributed by atoms with Crippen LogP contribution in [0.3, 0.4) is 0 Å². The third-order valence-electron chi connectivity index (χ3n) is 3.28. The van der Waals surface area contributed by atoms with Crippen molar-refractivity contribution in [3.63, 3.8) is 0 Å². The maximum atomic E-state index is 12.5. The Labute approximate surface area is 155 Å². The number of hydrogen-bond donors (Lipinski definition) is 2. The maximum Gasteiger partial charge on any atom is 0.340 e. The van der Waals surface area contributed by atoms with Crippen LogP contribution in [0, 0.1) is 6.92 Å². The number of esters is 1. The average Bonchev–Trinajstić information content (AvgIpc) is 3.12. The third-order valence-corrected chi connectivity index (χ3v) is 4.19. The zero-order chi connectivity index (χ0) is 18.9. The summed E-state index contributed by atoms with van der Waals surface area (Å²) in [5.74, 6) is -1.31. The highest BCUT2D eigenvalue weighted by Gasteiger charge is 2.17. The molecule has 0 aliphatic rings. The predicted octanol–water partition coefficient (Wildman–Crippen LogP) is 2.99. The number of hydrogen-bond acceptors (Lipinski definition) is 5. The second-order valence-electron chi connectivity index (χ2n) is 5.43. The van der Waals surface area contributed by atoms with Gasteiger partial charge < -0.3 is 10.1 Å². The van der Waals surface area contributed by atoms with Crippen molar-refractivity contribution in [1.82, 2.24) is 10.6 Å². The van der Waals surface area contributed by atoms with Crippen LogP contribution in [-0.4, -0.2) is 31.1 Å². The quantitative estimate of drug-likeness (QED) is 0.603. The van der Waals surface area contributed by atoms with Crippen molar-refractivity contribution < 1.29 is 19.1 Å². The van der Waals surface area contributed by atoms with Gasteiger partial charge in [0, 0.05) is 11.4 Å². The van der Waals surface area contributed by atoms with E-state index in [-0.39, 0.29) is 0 Å². The molecule has 0 bridgehead atoms. The van der Waals surface area contributed by atoms with Gasteiger partial charge in [-0.3, -0.25) is 10.1 Å². The summed E-state index contributed by atoms with van der Waals surface area (Å²) >= 11 is 1.40. The SMILES string of the molecule is CCNC(=O)NC(=O)COC(=O)/C(=C/c1cccc(C)c1)c1cccs1. The number of imide groups is 1. The summed E-state index contributed by atoms with van der Waals surface area (Å²) in [6, 6.07) is 10.7. The lowest BCUT2D eigenvalue weighted by Crippen LogP contribution is -2.41. The second-order valence-corrected chi connectivity index (χ2v) is 6.38. The molecule has 136 valence electrons. The molecule has 0 atom stereocenters. The van der Waals surface area contributed by atoms with E-state index in [1.807, 2.05) is 48.7 Å². The molecule has 6 nitrogen and oxygen atoms in total. The molecule has 0 saturated carbocycles. The number of rotatable bonds is 6. The van der Waals surface area contributed by atoms with E-state index in [0.29, 0.717) is 12.1 Å². The fraction of sp³-hybridized carbons (Fsp3) is 0.211. The molecule has 0 aliphatic heterocycles. The first kappa shape index (κ1) is 19.4. The molecule has 1 aromatic heterocycles. The van der Waals surface area contributed by atoms with Gasteiger partial charge >= 0.3 is 12.0 Å². The maximum absolute atomic E-state index is 12.5. The van der Waals surface area contributed by atoms with E-state index >= 15 is 0 Å². The zero-order valence-electron chi connectivity index (χ0n) is 14.6. The van der Waals surface area contributed by atoms with Crippen LogP contribution in [0.4, 0.5) is 4.79 Å². The van der Waals surface area contributed by atoms with Gasteiger partial charge in [0.15, 0.2) is 6.61 Å². The zero-order valence-corrected chi connectivity index (χ0v) is 15.4. The van der Waals surface area contributed by atoms with E-state index in [2.05, 4.69) is 10.6 Å². The van der Waals surface area contributed by atoms with Crippen molar-refractivity contribution in [1.29, 1.82) is 0 Å². The number of aryl methyl sites for hydroxylation is 1. The van der Waals surface area contributed by atoms with Crippen molar-refractivity contribution in [2.45, 2.75) is 13.8 Å². The van der Waals surface area contributed by atoms with Crippen molar-refractivity contribution in [2.75, 3.05) is 13.2 Å². The fourth-order valence-electron chi connectivity index (χ4n) is 2.17. The minimum Gasteiger partial charge on any atom is -0.452 e. The summed E-state index contributed by atoms with van der Waals surface area (Å²) in [5.41, 5.74) is 2.28. The summed E-state index contributed by atoms with van der Waals surface area (Å²) in [5, 5.41) is 6.37. The molecule has 2 rings (SSSR count). The molecular weight excluding hydrogens is 352 g/mol. The normalized spacial score (nSPS) is 10.9. The molecule has 0 fully saturated rings. The molecule has 1 aromatic carbocycles. The number of ether oxygens (including phenoxy) is 1. The molecule has 7 heteroatoms. The van der Waals surface area contributed by atoms with Crippen molar-refractivity contribution in [3.05, 3.63) is 57.8 Å². The molecule has 3 amide bonds. The topological polar surface area (TPSA) is 84.5 Å². The lowest BCUT2D eigenvalue weighted by atomic mass is 10.1. The molecule has 2 aromatic rings. The summed E-state index contributed by atoms with van der Waals surface area (Å²) in [6.45, 7) is 3.55. The van der Waals surface area contributed by atoms with Gasteiger partial charge in [0.1, 0.15) is 0 Å². The van der Waals surface area contributed by atoms with Crippen LogP contribution in [0.25, 0.3) is 11.6 Å². The number of carbonyl (C=O) groups is 3. The number of benzene rings is 1. The largest absolute Gasteiger partial charge is 0.452 e. The summed E-state index contributed by atoms with van der Waals surface area (Å²) in [6.07, 6.45) is 1.73. The van der Waals surface area contributed by atoms with Crippen molar-refractivity contribution in [3.8, 4) is 0 Å². The molecule has 2 N–H and O–H groups in total. The highest BCUT2D eigenvalue weighted by molar-refractivity contribution is 7.11. The molecule has 1 heterocycles. The Morgan fingerprint density at radius 3 is 2.65 bits per heavy atom. The number of nitrogens with one attached hydrogen (secondary N) is 2. The first-order valence-corrected chi connectivity index (χ1v) is 8.94. The van der Waals surface area contributed by atoms with Crippen molar-refractivity contribution in [2.24, 2.45) is 0 Å². The Balaban J connectivity index is 2.10. The molecule has 26 heavy (non-hydrogen) atoms. The Morgan fingerprint density at radius 2 is 2.00 bits per heavy atom. The second kappa shape index (κ2) is 9.53. The van der Waals surface area contributed by atoms with E-state index in [9.17, 15) is 14.4 Å². The number of amides is 3. The first-order valence-electron chi connectivity index (χ1n) is 8.06. The first-order chi connectivity index (χ1) is 12.5. The highest BCUT2D eigenvalue weighted by Crippen LogP contribution is 2.24. The summed E-state index contributed by atoms with van der Waals surface area (Å²) in [7, 11) is 0. The molecule has 0 spiro atoms.